The van der Waals surface area contributed by atoms with Crippen molar-refractivity contribution in [2.45, 2.75) is 43.3 Å². The van der Waals surface area contributed by atoms with Gasteiger partial charge in [-0.05, 0) is 35.2 Å². The molecule has 3 heterocycles. The fourth-order valence-corrected chi connectivity index (χ4v) is 4.44. The quantitative estimate of drug-likeness (QED) is 0.453. The van der Waals surface area contributed by atoms with Crippen LogP contribution in [0.1, 0.15) is 48.9 Å². The summed E-state index contributed by atoms with van der Waals surface area (Å²) in [6.45, 7) is 6.11. The second-order valence-electron chi connectivity index (χ2n) is 6.17. The number of nitrogen functional groups attached to an aromatic ring is 1. The number of pyridine rings is 1. The van der Waals surface area contributed by atoms with E-state index < -0.39 is 11.9 Å². The molecule has 2 N–H and O–H groups in total. The van der Waals surface area contributed by atoms with Gasteiger partial charge in [0.15, 0.2) is 10.9 Å². The fraction of sp³-hybridized carbons (Fsp3) is 0.353. The smallest absolute Gasteiger partial charge is 0.384 e. The zero-order valence-corrected chi connectivity index (χ0v) is 16.0. The third-order valence-corrected chi connectivity index (χ3v) is 5.79. The minimum Gasteiger partial charge on any atom is -0.384 e. The van der Waals surface area contributed by atoms with E-state index in [-0.39, 0.29) is 16.2 Å². The summed E-state index contributed by atoms with van der Waals surface area (Å²) in [4.78, 5) is 12.0. The van der Waals surface area contributed by atoms with Crippen LogP contribution >= 0.6 is 23.1 Å². The van der Waals surface area contributed by atoms with E-state index in [1.54, 1.807) is 17.5 Å². The van der Waals surface area contributed by atoms with Gasteiger partial charge in [0.25, 0.3) is 0 Å². The van der Waals surface area contributed by atoms with Crippen LogP contribution in [0.25, 0.3) is 10.1 Å². The summed E-state index contributed by atoms with van der Waals surface area (Å²) in [6.07, 6.45) is -2.75. The van der Waals surface area contributed by atoms with Gasteiger partial charge in [-0.15, -0.1) is 11.3 Å². The van der Waals surface area contributed by atoms with Crippen molar-refractivity contribution >= 4 is 39.0 Å². The number of nitrogens with two attached hydrogens (primary N) is 1. The third-order valence-electron chi connectivity index (χ3n) is 3.85. The molecule has 0 saturated carbocycles. The Bertz CT molecular complexity index is 937. The molecule has 0 aliphatic heterocycles. The number of thioether (sulfide) groups is 1. The van der Waals surface area contributed by atoms with Gasteiger partial charge < -0.3 is 5.73 Å². The highest BCUT2D eigenvalue weighted by Gasteiger charge is 2.33. The Balaban J connectivity index is 1.91. The first kappa shape index (κ1) is 18.9. The molecule has 1 unspecified atom stereocenters. The standard InChI is InChI=1S/C17H17F3N4S2/c1-8(2)11-7-25-13-6-22-12(4-10(11)13)9(3)26-16-23-14(17(18,19)20)5-15(21)24-16/h4-9H,1-3H3,(H2,21,23,24). The summed E-state index contributed by atoms with van der Waals surface area (Å²) in [5.74, 6) is 0.180. The SMILES string of the molecule is CC(C)c1csc2cnc(C(C)Sc3nc(N)cc(C(F)(F)F)n3)cc12. The number of thiophene rings is 1. The van der Waals surface area contributed by atoms with Crippen LogP contribution < -0.4 is 5.73 Å². The molecule has 26 heavy (non-hydrogen) atoms. The molecule has 0 bridgehead atoms. The number of alkyl halides is 3. The molecular weight excluding hydrogens is 381 g/mol. The molecule has 3 rings (SSSR count). The monoisotopic (exact) mass is 398 g/mol. The molecule has 0 radical (unpaired) electrons. The van der Waals surface area contributed by atoms with Crippen molar-refractivity contribution in [1.29, 1.82) is 0 Å². The minimum absolute atomic E-state index is 0.0128. The Morgan fingerprint density at radius 3 is 2.54 bits per heavy atom. The number of aromatic nitrogens is 3. The lowest BCUT2D eigenvalue weighted by atomic mass is 10.0. The molecule has 3 aromatic rings. The second-order valence-corrected chi connectivity index (χ2v) is 8.39. The van der Waals surface area contributed by atoms with E-state index in [4.69, 9.17) is 5.73 Å². The molecule has 0 aromatic carbocycles. The number of rotatable bonds is 4. The Labute approximate surface area is 157 Å². The van der Waals surface area contributed by atoms with E-state index in [2.05, 4.69) is 34.2 Å². The fourth-order valence-electron chi connectivity index (χ4n) is 2.50. The maximum absolute atomic E-state index is 12.9. The van der Waals surface area contributed by atoms with Crippen molar-refractivity contribution in [1.82, 2.24) is 15.0 Å². The zero-order valence-electron chi connectivity index (χ0n) is 14.3. The maximum atomic E-state index is 12.9. The van der Waals surface area contributed by atoms with E-state index in [0.29, 0.717) is 5.92 Å². The van der Waals surface area contributed by atoms with Crippen LogP contribution in [-0.4, -0.2) is 15.0 Å². The number of hydrogen-bond acceptors (Lipinski definition) is 6. The van der Waals surface area contributed by atoms with Crippen LogP contribution in [0.15, 0.2) is 28.9 Å². The molecule has 0 saturated heterocycles. The highest BCUT2D eigenvalue weighted by atomic mass is 32.2. The van der Waals surface area contributed by atoms with E-state index in [1.165, 1.54) is 5.56 Å². The van der Waals surface area contributed by atoms with Crippen molar-refractivity contribution < 1.29 is 13.2 Å². The number of halogens is 3. The molecule has 0 fully saturated rings. The highest BCUT2D eigenvalue weighted by molar-refractivity contribution is 7.99. The zero-order chi connectivity index (χ0) is 19.1. The van der Waals surface area contributed by atoms with Gasteiger partial charge in [0.1, 0.15) is 5.82 Å². The number of nitrogens with zero attached hydrogens (tertiary/aromatic N) is 3. The predicted octanol–water partition coefficient (Wildman–Crippen LogP) is 5.66. The van der Waals surface area contributed by atoms with E-state index in [0.717, 1.165) is 33.6 Å². The van der Waals surface area contributed by atoms with Gasteiger partial charge in [-0.25, -0.2) is 9.97 Å². The van der Waals surface area contributed by atoms with Crippen LogP contribution in [0, 0.1) is 0 Å². The summed E-state index contributed by atoms with van der Waals surface area (Å²) in [7, 11) is 0. The van der Waals surface area contributed by atoms with Crippen molar-refractivity contribution in [2.75, 3.05) is 5.73 Å². The van der Waals surface area contributed by atoms with Gasteiger partial charge in [-0.3, -0.25) is 4.98 Å². The van der Waals surface area contributed by atoms with Crippen LogP contribution in [0.2, 0.25) is 0 Å². The minimum atomic E-state index is -4.56. The molecule has 0 aliphatic rings. The van der Waals surface area contributed by atoms with Gasteiger partial charge in [-0.1, -0.05) is 25.6 Å². The van der Waals surface area contributed by atoms with Crippen molar-refractivity contribution in [3.05, 3.63) is 40.7 Å². The first-order chi connectivity index (χ1) is 12.1. The normalized spacial score (nSPS) is 13.5. The number of fused-ring (bicyclic) bond motifs is 1. The molecule has 9 heteroatoms. The van der Waals surface area contributed by atoms with Crippen molar-refractivity contribution in [3.8, 4) is 0 Å². The van der Waals surface area contributed by atoms with Crippen molar-refractivity contribution in [3.63, 3.8) is 0 Å². The molecule has 3 aromatic heterocycles. The molecule has 0 amide bonds. The van der Waals surface area contributed by atoms with Gasteiger partial charge in [0, 0.05) is 12.3 Å². The van der Waals surface area contributed by atoms with Gasteiger partial charge in [0.2, 0.25) is 0 Å². The van der Waals surface area contributed by atoms with Crippen LogP contribution in [0.5, 0.6) is 0 Å². The Hall–Kier alpha value is -1.87. The van der Waals surface area contributed by atoms with Crippen LogP contribution in [-0.2, 0) is 6.18 Å². The average Bonchev–Trinajstić information content (AvgIpc) is 2.96. The lowest BCUT2D eigenvalue weighted by molar-refractivity contribution is -0.141. The molecule has 1 atom stereocenters. The largest absolute Gasteiger partial charge is 0.433 e. The second kappa shape index (κ2) is 7.03. The lowest BCUT2D eigenvalue weighted by Crippen LogP contribution is -2.11. The number of hydrogen-bond donors (Lipinski definition) is 1. The molecule has 4 nitrogen and oxygen atoms in total. The molecule has 138 valence electrons. The van der Waals surface area contributed by atoms with E-state index in [1.807, 2.05) is 13.0 Å². The maximum Gasteiger partial charge on any atom is 0.433 e. The highest BCUT2D eigenvalue weighted by Crippen LogP contribution is 2.37. The van der Waals surface area contributed by atoms with Crippen LogP contribution in [0.4, 0.5) is 19.0 Å². The summed E-state index contributed by atoms with van der Waals surface area (Å²) in [5.41, 5.74) is 6.47. The van der Waals surface area contributed by atoms with E-state index in [9.17, 15) is 13.2 Å². The third kappa shape index (κ3) is 3.93. The first-order valence-electron chi connectivity index (χ1n) is 7.90. The lowest BCUT2D eigenvalue weighted by Gasteiger charge is -2.13. The summed E-state index contributed by atoms with van der Waals surface area (Å²) < 4.78 is 39.8. The summed E-state index contributed by atoms with van der Waals surface area (Å²) in [5, 5.41) is 3.02. The summed E-state index contributed by atoms with van der Waals surface area (Å²) in [6, 6.07) is 2.73. The Morgan fingerprint density at radius 1 is 1.15 bits per heavy atom. The number of anilines is 1. The van der Waals surface area contributed by atoms with Gasteiger partial charge in [0.05, 0.1) is 15.6 Å². The predicted molar refractivity (Wildman–Crippen MR) is 99.4 cm³/mol. The van der Waals surface area contributed by atoms with Crippen LogP contribution in [0.3, 0.4) is 0 Å². The Morgan fingerprint density at radius 2 is 1.88 bits per heavy atom. The average molecular weight is 398 g/mol. The Kier molecular flexibility index (Phi) is 5.12. The topological polar surface area (TPSA) is 64.7 Å². The molecule has 0 spiro atoms. The van der Waals surface area contributed by atoms with Gasteiger partial charge >= 0.3 is 6.18 Å². The van der Waals surface area contributed by atoms with E-state index >= 15 is 0 Å². The molecular formula is C17H17F3N4S2. The molecule has 0 aliphatic carbocycles. The first-order valence-corrected chi connectivity index (χ1v) is 9.66. The van der Waals surface area contributed by atoms with Crippen molar-refractivity contribution in [2.24, 2.45) is 0 Å². The van der Waals surface area contributed by atoms with Gasteiger partial charge in [-0.2, -0.15) is 13.2 Å². The summed E-state index contributed by atoms with van der Waals surface area (Å²) >= 11 is 2.74.